The number of ether oxygens (including phenoxy) is 1. The number of hydrogen-bond donors (Lipinski definition) is 1. The number of benzene rings is 2. The van der Waals surface area contributed by atoms with Crippen LogP contribution >= 0.6 is 0 Å². The summed E-state index contributed by atoms with van der Waals surface area (Å²) in [6.07, 6.45) is 0. The van der Waals surface area contributed by atoms with E-state index in [0.29, 0.717) is 0 Å². The van der Waals surface area contributed by atoms with Crippen LogP contribution in [0.5, 0.6) is 0 Å². The molecule has 3 rings (SSSR count). The van der Waals surface area contributed by atoms with Crippen LogP contribution < -0.4 is 5.32 Å². The van der Waals surface area contributed by atoms with Gasteiger partial charge in [-0.05, 0) is 36.2 Å². The maximum absolute atomic E-state index is 12.8. The number of nitrogens with zero attached hydrogens (tertiary/aromatic N) is 2. The molecule has 2 aromatic rings. The van der Waals surface area contributed by atoms with Gasteiger partial charge >= 0.3 is 5.97 Å². The zero-order chi connectivity index (χ0) is 25.2. The lowest BCUT2D eigenvalue weighted by Crippen LogP contribution is -2.49. The molecule has 1 N–H and O–H groups in total. The molecule has 2 aromatic carbocycles. The molecule has 34 heavy (non-hydrogen) atoms. The monoisotopic (exact) mass is 487 g/mol. The SMILES string of the molecule is CC(C)[C@@H](C(=O)OCC(=O)Nc1cccc(S(=O)(=O)N(C)C)c1)N1C(=O)c2ccccc2C1=O. The second-order valence-electron chi connectivity index (χ2n) is 8.19. The van der Waals surface area contributed by atoms with E-state index in [-0.39, 0.29) is 21.7 Å². The molecule has 1 heterocycles. The maximum atomic E-state index is 12.8. The van der Waals surface area contributed by atoms with Crippen molar-refractivity contribution in [3.63, 3.8) is 0 Å². The van der Waals surface area contributed by atoms with Crippen LogP contribution in [-0.2, 0) is 24.3 Å². The second kappa shape index (κ2) is 9.74. The fourth-order valence-corrected chi connectivity index (χ4v) is 4.45. The molecule has 1 aliphatic rings. The topological polar surface area (TPSA) is 130 Å². The molecule has 0 spiro atoms. The molecule has 10 nitrogen and oxygen atoms in total. The van der Waals surface area contributed by atoms with Gasteiger partial charge in [-0.3, -0.25) is 19.3 Å². The van der Waals surface area contributed by atoms with Gasteiger partial charge in [0.2, 0.25) is 10.0 Å². The van der Waals surface area contributed by atoms with E-state index in [1.165, 1.54) is 50.5 Å². The van der Waals surface area contributed by atoms with Gasteiger partial charge in [-0.25, -0.2) is 17.5 Å². The highest BCUT2D eigenvalue weighted by Crippen LogP contribution is 2.27. The lowest BCUT2D eigenvalue weighted by atomic mass is 10.0. The number of nitrogens with one attached hydrogen (secondary N) is 1. The molecule has 0 aromatic heterocycles. The van der Waals surface area contributed by atoms with Crippen LogP contribution in [-0.4, -0.2) is 68.1 Å². The van der Waals surface area contributed by atoms with Gasteiger partial charge in [0, 0.05) is 19.8 Å². The molecule has 0 fully saturated rings. The van der Waals surface area contributed by atoms with Crippen LogP contribution in [0.2, 0.25) is 0 Å². The summed E-state index contributed by atoms with van der Waals surface area (Å²) in [4.78, 5) is 51.5. The first-order valence-corrected chi connectivity index (χ1v) is 11.8. The quantitative estimate of drug-likeness (QED) is 0.443. The minimum absolute atomic E-state index is 0.0159. The zero-order valence-electron chi connectivity index (χ0n) is 19.1. The van der Waals surface area contributed by atoms with E-state index in [0.717, 1.165) is 9.21 Å². The van der Waals surface area contributed by atoms with Crippen molar-refractivity contribution < 1.29 is 32.3 Å². The Morgan fingerprint density at radius 2 is 1.59 bits per heavy atom. The molecular weight excluding hydrogens is 462 g/mol. The average molecular weight is 488 g/mol. The Kier molecular flexibility index (Phi) is 7.18. The highest BCUT2D eigenvalue weighted by Gasteiger charge is 2.44. The third-order valence-electron chi connectivity index (χ3n) is 5.22. The number of rotatable bonds is 8. The number of carbonyl (C=O) groups is 4. The Morgan fingerprint density at radius 3 is 2.12 bits per heavy atom. The fraction of sp³-hybridized carbons (Fsp3) is 0.304. The molecule has 0 saturated heterocycles. The third-order valence-corrected chi connectivity index (χ3v) is 7.03. The first kappa shape index (κ1) is 25.1. The van der Waals surface area contributed by atoms with E-state index in [4.69, 9.17) is 4.74 Å². The fourth-order valence-electron chi connectivity index (χ4n) is 3.50. The van der Waals surface area contributed by atoms with Crippen LogP contribution in [0.1, 0.15) is 34.6 Å². The van der Waals surface area contributed by atoms with E-state index in [1.54, 1.807) is 26.0 Å². The van der Waals surface area contributed by atoms with Crippen LogP contribution in [0.3, 0.4) is 0 Å². The number of fused-ring (bicyclic) bond motifs is 1. The summed E-state index contributed by atoms with van der Waals surface area (Å²) in [5, 5.41) is 2.47. The molecule has 180 valence electrons. The minimum Gasteiger partial charge on any atom is -0.454 e. The summed E-state index contributed by atoms with van der Waals surface area (Å²) in [6.45, 7) is 2.63. The summed E-state index contributed by atoms with van der Waals surface area (Å²) >= 11 is 0. The standard InChI is InChI=1S/C23H25N3O7S/c1-14(2)20(26-21(28)17-10-5-6-11-18(17)22(26)29)23(30)33-13-19(27)24-15-8-7-9-16(12-15)34(31,32)25(3)4/h5-12,14,20H,13H2,1-4H3,(H,24,27)/t20-/m0/s1. The number of carbonyl (C=O) groups excluding carboxylic acids is 4. The average Bonchev–Trinajstić information content (AvgIpc) is 3.03. The molecule has 1 aliphatic heterocycles. The number of hydrogen-bond acceptors (Lipinski definition) is 7. The van der Waals surface area contributed by atoms with E-state index >= 15 is 0 Å². The molecule has 11 heteroatoms. The van der Waals surface area contributed by atoms with Gasteiger partial charge in [-0.1, -0.05) is 32.0 Å². The van der Waals surface area contributed by atoms with Crippen molar-refractivity contribution in [1.29, 1.82) is 0 Å². The summed E-state index contributed by atoms with van der Waals surface area (Å²) < 4.78 is 30.7. The van der Waals surface area contributed by atoms with E-state index < -0.39 is 52.3 Å². The predicted molar refractivity (Wildman–Crippen MR) is 122 cm³/mol. The zero-order valence-corrected chi connectivity index (χ0v) is 20.0. The Bertz CT molecular complexity index is 1220. The molecule has 0 unspecified atom stereocenters. The van der Waals surface area contributed by atoms with Crippen molar-refractivity contribution >= 4 is 39.4 Å². The lowest BCUT2D eigenvalue weighted by molar-refractivity contribution is -0.152. The van der Waals surface area contributed by atoms with Gasteiger partial charge in [-0.15, -0.1) is 0 Å². The van der Waals surface area contributed by atoms with Gasteiger partial charge in [0.15, 0.2) is 6.61 Å². The molecule has 0 radical (unpaired) electrons. The Labute approximate surface area is 197 Å². The summed E-state index contributed by atoms with van der Waals surface area (Å²) in [5.41, 5.74) is 0.609. The number of imide groups is 1. The highest BCUT2D eigenvalue weighted by atomic mass is 32.2. The van der Waals surface area contributed by atoms with Crippen LogP contribution in [0.4, 0.5) is 5.69 Å². The number of anilines is 1. The number of amides is 3. The van der Waals surface area contributed by atoms with Gasteiger partial charge in [0.25, 0.3) is 17.7 Å². The van der Waals surface area contributed by atoms with E-state index in [1.807, 2.05) is 0 Å². The van der Waals surface area contributed by atoms with Gasteiger partial charge in [0.05, 0.1) is 16.0 Å². The third kappa shape index (κ3) is 4.85. The predicted octanol–water partition coefficient (Wildman–Crippen LogP) is 1.74. The van der Waals surface area contributed by atoms with Crippen molar-refractivity contribution in [3.05, 3.63) is 59.7 Å². The first-order chi connectivity index (χ1) is 15.9. The summed E-state index contributed by atoms with van der Waals surface area (Å²) in [6, 6.07) is 10.7. The van der Waals surface area contributed by atoms with Crippen molar-refractivity contribution in [2.75, 3.05) is 26.0 Å². The molecule has 1 atom stereocenters. The van der Waals surface area contributed by atoms with Crippen LogP contribution in [0, 0.1) is 5.92 Å². The highest BCUT2D eigenvalue weighted by molar-refractivity contribution is 7.89. The van der Waals surface area contributed by atoms with Crippen molar-refractivity contribution in [2.45, 2.75) is 24.8 Å². The number of sulfonamides is 1. The normalized spacial score (nSPS) is 14.4. The first-order valence-electron chi connectivity index (χ1n) is 10.4. The second-order valence-corrected chi connectivity index (χ2v) is 10.3. The molecule has 0 aliphatic carbocycles. The lowest BCUT2D eigenvalue weighted by Gasteiger charge is -2.27. The summed E-state index contributed by atoms with van der Waals surface area (Å²) in [5.74, 6) is -3.27. The number of esters is 1. The van der Waals surface area contributed by atoms with Gasteiger partial charge in [0.1, 0.15) is 6.04 Å². The van der Waals surface area contributed by atoms with Crippen molar-refractivity contribution in [3.8, 4) is 0 Å². The van der Waals surface area contributed by atoms with Gasteiger partial charge in [-0.2, -0.15) is 0 Å². The molecule has 3 amide bonds. The van der Waals surface area contributed by atoms with Gasteiger partial charge < -0.3 is 10.1 Å². The Hall–Kier alpha value is -3.57. The molecule has 0 bridgehead atoms. The Morgan fingerprint density at radius 1 is 1.00 bits per heavy atom. The minimum atomic E-state index is -3.70. The Balaban J connectivity index is 1.68. The maximum Gasteiger partial charge on any atom is 0.330 e. The van der Waals surface area contributed by atoms with Crippen LogP contribution in [0.25, 0.3) is 0 Å². The van der Waals surface area contributed by atoms with E-state index in [9.17, 15) is 27.6 Å². The summed E-state index contributed by atoms with van der Waals surface area (Å²) in [7, 11) is -0.920. The van der Waals surface area contributed by atoms with E-state index in [2.05, 4.69) is 5.32 Å². The van der Waals surface area contributed by atoms with Crippen LogP contribution in [0.15, 0.2) is 53.4 Å². The van der Waals surface area contributed by atoms with Crippen molar-refractivity contribution in [1.82, 2.24) is 9.21 Å². The molecule has 0 saturated carbocycles. The van der Waals surface area contributed by atoms with Crippen molar-refractivity contribution in [2.24, 2.45) is 5.92 Å². The smallest absolute Gasteiger partial charge is 0.330 e. The molecular formula is C23H25N3O7S. The largest absolute Gasteiger partial charge is 0.454 e.